The molecule has 0 radical (unpaired) electrons. The van der Waals surface area contributed by atoms with Gasteiger partial charge in [-0.25, -0.2) is 4.79 Å². The molecular weight excluding hydrogens is 314 g/mol. The van der Waals surface area contributed by atoms with Gasteiger partial charge in [-0.3, -0.25) is 4.90 Å². The van der Waals surface area contributed by atoms with E-state index in [-0.39, 0.29) is 18.1 Å². The lowest BCUT2D eigenvalue weighted by Gasteiger charge is -2.27. The van der Waals surface area contributed by atoms with Crippen molar-refractivity contribution >= 4 is 12.0 Å². The first-order valence-corrected chi connectivity index (χ1v) is 8.39. The van der Waals surface area contributed by atoms with Gasteiger partial charge in [0.1, 0.15) is 11.9 Å². The Balaban J connectivity index is 1.90. The van der Waals surface area contributed by atoms with Crippen molar-refractivity contribution < 1.29 is 14.3 Å². The monoisotopic (exact) mass is 337 g/mol. The van der Waals surface area contributed by atoms with Gasteiger partial charge >= 0.3 is 5.97 Å². The highest BCUT2D eigenvalue weighted by molar-refractivity contribution is 5.94. The number of likely N-dealkylation sites (N-methyl/N-ethyl adjacent to an activating group) is 1. The molecule has 0 amide bonds. The summed E-state index contributed by atoms with van der Waals surface area (Å²) < 4.78 is 11.1. The molecule has 0 aromatic heterocycles. The minimum absolute atomic E-state index is 0.0857. The Morgan fingerprint density at radius 2 is 1.92 bits per heavy atom. The van der Waals surface area contributed by atoms with E-state index in [0.29, 0.717) is 12.1 Å². The van der Waals surface area contributed by atoms with E-state index in [4.69, 9.17) is 9.47 Å². The number of benzene rings is 2. The zero-order valence-electron chi connectivity index (χ0n) is 14.8. The van der Waals surface area contributed by atoms with E-state index in [2.05, 4.69) is 11.8 Å². The van der Waals surface area contributed by atoms with Crippen LogP contribution in [-0.2, 0) is 9.53 Å². The number of ether oxygens (including phenoxy) is 2. The number of carbonyl (C=O) groups excluding carboxylic acids is 1. The minimum Gasteiger partial charge on any atom is -0.497 e. The molecule has 1 fully saturated rings. The fourth-order valence-corrected chi connectivity index (χ4v) is 3.02. The molecule has 0 spiro atoms. The second-order valence-electron chi connectivity index (χ2n) is 6.34. The number of methoxy groups -OCH3 is 1. The van der Waals surface area contributed by atoms with Crippen molar-refractivity contribution in [3.05, 3.63) is 71.3 Å². The summed E-state index contributed by atoms with van der Waals surface area (Å²) >= 11 is 0. The van der Waals surface area contributed by atoms with Crippen molar-refractivity contribution in [3.63, 3.8) is 0 Å². The smallest absolute Gasteiger partial charge is 0.336 e. The molecule has 0 unspecified atom stereocenters. The first-order chi connectivity index (χ1) is 12.1. The lowest BCUT2D eigenvalue weighted by molar-refractivity contribution is -0.145. The molecule has 0 aliphatic carbocycles. The van der Waals surface area contributed by atoms with E-state index in [0.717, 1.165) is 16.9 Å². The molecule has 130 valence electrons. The Labute approximate surface area is 148 Å². The van der Waals surface area contributed by atoms with Crippen LogP contribution in [0.3, 0.4) is 0 Å². The van der Waals surface area contributed by atoms with Crippen LogP contribution in [0, 0.1) is 0 Å². The van der Waals surface area contributed by atoms with Crippen molar-refractivity contribution in [1.29, 1.82) is 0 Å². The van der Waals surface area contributed by atoms with Crippen LogP contribution >= 0.6 is 0 Å². The third-order valence-electron chi connectivity index (χ3n) is 4.61. The lowest BCUT2D eigenvalue weighted by Crippen LogP contribution is -2.33. The van der Waals surface area contributed by atoms with E-state index < -0.39 is 0 Å². The first kappa shape index (κ1) is 17.2. The van der Waals surface area contributed by atoms with Crippen LogP contribution in [0.1, 0.15) is 24.2 Å². The molecule has 0 saturated carbocycles. The molecular formula is C21H23NO3. The summed E-state index contributed by atoms with van der Waals surface area (Å²) in [7, 11) is 3.65. The standard InChI is InChI=1S/C21H23NO3/c1-15-20(17-9-5-4-6-10-17)25-21(23)18(14-22(15)2)12-16-8-7-11-19(13-16)24-3/h4-13,15,20H,14H2,1-3H3/b18-12+/t15-,20+/m1/s1. The third kappa shape index (κ3) is 3.91. The molecule has 25 heavy (non-hydrogen) atoms. The quantitative estimate of drug-likeness (QED) is 0.632. The predicted molar refractivity (Wildman–Crippen MR) is 98.3 cm³/mol. The summed E-state index contributed by atoms with van der Waals surface area (Å²) in [5.41, 5.74) is 2.57. The maximum absolute atomic E-state index is 12.7. The van der Waals surface area contributed by atoms with Gasteiger partial charge in [0.15, 0.2) is 0 Å². The van der Waals surface area contributed by atoms with E-state index in [1.165, 1.54) is 0 Å². The maximum Gasteiger partial charge on any atom is 0.336 e. The van der Waals surface area contributed by atoms with Crippen molar-refractivity contribution in [2.24, 2.45) is 0 Å². The normalized spacial score (nSPS) is 23.2. The Bertz CT molecular complexity index is 770. The zero-order chi connectivity index (χ0) is 17.8. The minimum atomic E-state index is -0.282. The highest BCUT2D eigenvalue weighted by Crippen LogP contribution is 2.29. The number of hydrogen-bond donors (Lipinski definition) is 0. The molecule has 1 aliphatic rings. The van der Waals surface area contributed by atoms with E-state index >= 15 is 0 Å². The van der Waals surface area contributed by atoms with Crippen LogP contribution in [0.25, 0.3) is 6.08 Å². The first-order valence-electron chi connectivity index (χ1n) is 8.39. The summed E-state index contributed by atoms with van der Waals surface area (Å²) in [6.07, 6.45) is 1.59. The summed E-state index contributed by atoms with van der Waals surface area (Å²) in [4.78, 5) is 14.8. The Morgan fingerprint density at radius 1 is 1.16 bits per heavy atom. The number of nitrogens with zero attached hydrogens (tertiary/aromatic N) is 1. The van der Waals surface area contributed by atoms with Crippen molar-refractivity contribution in [3.8, 4) is 5.75 Å². The number of esters is 1. The Morgan fingerprint density at radius 3 is 2.64 bits per heavy atom. The van der Waals surface area contributed by atoms with Gasteiger partial charge in [-0.1, -0.05) is 42.5 Å². The molecule has 2 aromatic carbocycles. The molecule has 0 bridgehead atoms. The number of hydrogen-bond acceptors (Lipinski definition) is 4. The van der Waals surface area contributed by atoms with Crippen LogP contribution in [0.4, 0.5) is 0 Å². The number of carbonyl (C=O) groups is 1. The summed E-state index contributed by atoms with van der Waals surface area (Å²) in [5, 5.41) is 0. The van der Waals surface area contributed by atoms with Crippen molar-refractivity contribution in [1.82, 2.24) is 4.90 Å². The van der Waals surface area contributed by atoms with Gasteiger partial charge < -0.3 is 9.47 Å². The van der Waals surface area contributed by atoms with E-state index in [9.17, 15) is 4.79 Å². The van der Waals surface area contributed by atoms with Gasteiger partial charge in [0.05, 0.1) is 12.7 Å². The van der Waals surface area contributed by atoms with Gasteiger partial charge in [-0.2, -0.15) is 0 Å². The van der Waals surface area contributed by atoms with Crippen LogP contribution in [-0.4, -0.2) is 37.6 Å². The Hall–Kier alpha value is -2.59. The molecule has 1 saturated heterocycles. The van der Waals surface area contributed by atoms with Crippen LogP contribution in [0.15, 0.2) is 60.2 Å². The third-order valence-corrected chi connectivity index (χ3v) is 4.61. The van der Waals surface area contributed by atoms with Crippen molar-refractivity contribution in [2.75, 3.05) is 20.7 Å². The summed E-state index contributed by atoms with van der Waals surface area (Å²) in [5.74, 6) is 0.494. The van der Waals surface area contributed by atoms with Crippen LogP contribution < -0.4 is 4.74 Å². The molecule has 2 aromatic rings. The summed E-state index contributed by atoms with van der Waals surface area (Å²) in [6, 6.07) is 17.6. The molecule has 0 N–H and O–H groups in total. The van der Waals surface area contributed by atoms with Gasteiger partial charge in [0, 0.05) is 12.6 Å². The van der Waals surface area contributed by atoms with Crippen LogP contribution in [0.2, 0.25) is 0 Å². The average Bonchev–Trinajstić information content (AvgIpc) is 2.74. The average molecular weight is 337 g/mol. The van der Waals surface area contributed by atoms with Gasteiger partial charge in [-0.15, -0.1) is 0 Å². The fraction of sp³-hybridized carbons (Fsp3) is 0.286. The second-order valence-corrected chi connectivity index (χ2v) is 6.34. The lowest BCUT2D eigenvalue weighted by atomic mass is 10.0. The highest BCUT2D eigenvalue weighted by Gasteiger charge is 2.32. The van der Waals surface area contributed by atoms with E-state index in [1.54, 1.807) is 7.11 Å². The molecule has 2 atom stereocenters. The van der Waals surface area contributed by atoms with Gasteiger partial charge in [0.2, 0.25) is 0 Å². The molecule has 1 heterocycles. The molecule has 4 nitrogen and oxygen atoms in total. The SMILES string of the molecule is COc1cccc(/C=C2\CN(C)[C@H](C)[C@@H](c3ccccc3)OC2=O)c1. The largest absolute Gasteiger partial charge is 0.497 e. The predicted octanol–water partition coefficient (Wildman–Crippen LogP) is 3.70. The summed E-state index contributed by atoms with van der Waals surface area (Å²) in [6.45, 7) is 2.62. The number of cyclic esters (lactones) is 1. The Kier molecular flexibility index (Phi) is 5.19. The number of rotatable bonds is 3. The van der Waals surface area contributed by atoms with Gasteiger partial charge in [-0.05, 0) is 43.3 Å². The molecule has 4 heteroatoms. The molecule has 1 aliphatic heterocycles. The topological polar surface area (TPSA) is 38.8 Å². The fourth-order valence-electron chi connectivity index (χ4n) is 3.02. The van der Waals surface area contributed by atoms with Crippen molar-refractivity contribution in [2.45, 2.75) is 19.1 Å². The zero-order valence-corrected chi connectivity index (χ0v) is 14.8. The van der Waals surface area contributed by atoms with E-state index in [1.807, 2.05) is 67.7 Å². The second kappa shape index (κ2) is 7.53. The maximum atomic E-state index is 12.7. The highest BCUT2D eigenvalue weighted by atomic mass is 16.5. The molecule has 3 rings (SSSR count). The van der Waals surface area contributed by atoms with Gasteiger partial charge in [0.25, 0.3) is 0 Å². The van der Waals surface area contributed by atoms with Crippen LogP contribution in [0.5, 0.6) is 5.75 Å².